The maximum atomic E-state index is 13.0. The molecule has 33 heavy (non-hydrogen) atoms. The first kappa shape index (κ1) is 22.8. The highest BCUT2D eigenvalue weighted by molar-refractivity contribution is 5.89. The standard InChI is InChI=1S/C26H31N3O4/c30-24(13-16-33-23-9-5-2-6-10-23)27-22-11-14-28(15-12-22)26(32)21-17-25(31)29(19-21)18-20-7-3-1-4-8-20/h1-10,21-22H,11-19H2,(H,27,30). The van der Waals surface area contributed by atoms with Crippen LogP contribution in [0.1, 0.15) is 31.2 Å². The van der Waals surface area contributed by atoms with E-state index in [9.17, 15) is 14.4 Å². The van der Waals surface area contributed by atoms with Gasteiger partial charge in [0.2, 0.25) is 17.7 Å². The van der Waals surface area contributed by atoms with Crippen molar-refractivity contribution in [3.63, 3.8) is 0 Å². The molecule has 0 aliphatic carbocycles. The molecule has 174 valence electrons. The molecule has 1 atom stereocenters. The van der Waals surface area contributed by atoms with Gasteiger partial charge in [-0.05, 0) is 30.5 Å². The van der Waals surface area contributed by atoms with E-state index in [0.717, 1.165) is 24.2 Å². The summed E-state index contributed by atoms with van der Waals surface area (Å²) in [5, 5.41) is 3.06. The largest absolute Gasteiger partial charge is 0.493 e. The molecule has 2 heterocycles. The van der Waals surface area contributed by atoms with E-state index in [0.29, 0.717) is 39.2 Å². The van der Waals surface area contributed by atoms with Gasteiger partial charge in [-0.3, -0.25) is 14.4 Å². The first-order valence-corrected chi connectivity index (χ1v) is 11.7. The Morgan fingerprint density at radius 3 is 2.33 bits per heavy atom. The normalized spacial score (nSPS) is 18.9. The van der Waals surface area contributed by atoms with Crippen LogP contribution in [0.2, 0.25) is 0 Å². The second-order valence-electron chi connectivity index (χ2n) is 8.74. The third-order valence-corrected chi connectivity index (χ3v) is 6.29. The van der Waals surface area contributed by atoms with E-state index in [4.69, 9.17) is 4.74 Å². The summed E-state index contributed by atoms with van der Waals surface area (Å²) in [5.41, 5.74) is 1.07. The minimum atomic E-state index is -0.275. The lowest BCUT2D eigenvalue weighted by molar-refractivity contribution is -0.137. The molecule has 2 aliphatic rings. The number of nitrogens with one attached hydrogen (secondary N) is 1. The summed E-state index contributed by atoms with van der Waals surface area (Å²) < 4.78 is 5.58. The zero-order valence-corrected chi connectivity index (χ0v) is 18.8. The highest BCUT2D eigenvalue weighted by atomic mass is 16.5. The highest BCUT2D eigenvalue weighted by Gasteiger charge is 2.37. The molecule has 0 bridgehead atoms. The number of nitrogens with zero attached hydrogens (tertiary/aromatic N) is 2. The van der Waals surface area contributed by atoms with E-state index in [2.05, 4.69) is 5.32 Å². The lowest BCUT2D eigenvalue weighted by Crippen LogP contribution is -2.48. The molecule has 7 nitrogen and oxygen atoms in total. The van der Waals surface area contributed by atoms with Gasteiger partial charge in [0.25, 0.3) is 0 Å². The molecule has 4 rings (SSSR count). The molecule has 2 aliphatic heterocycles. The van der Waals surface area contributed by atoms with Crippen LogP contribution in [0.5, 0.6) is 5.75 Å². The van der Waals surface area contributed by atoms with Crippen molar-refractivity contribution in [2.75, 3.05) is 26.2 Å². The molecule has 0 spiro atoms. The van der Waals surface area contributed by atoms with E-state index in [1.165, 1.54) is 0 Å². The Kier molecular flexibility index (Phi) is 7.60. The van der Waals surface area contributed by atoms with Crippen molar-refractivity contribution >= 4 is 17.7 Å². The maximum absolute atomic E-state index is 13.0. The van der Waals surface area contributed by atoms with E-state index >= 15 is 0 Å². The predicted octanol–water partition coefficient (Wildman–Crippen LogP) is 2.61. The average Bonchev–Trinajstić information content (AvgIpc) is 3.20. The van der Waals surface area contributed by atoms with Gasteiger partial charge in [0, 0.05) is 38.6 Å². The number of para-hydroxylation sites is 1. The fourth-order valence-electron chi connectivity index (χ4n) is 4.47. The van der Waals surface area contributed by atoms with Crippen LogP contribution in [0.25, 0.3) is 0 Å². The van der Waals surface area contributed by atoms with Gasteiger partial charge >= 0.3 is 0 Å². The summed E-state index contributed by atoms with van der Waals surface area (Å²) in [5.74, 6) is 0.540. The second-order valence-corrected chi connectivity index (χ2v) is 8.74. The lowest BCUT2D eigenvalue weighted by atomic mass is 10.0. The van der Waals surface area contributed by atoms with Gasteiger partial charge < -0.3 is 19.9 Å². The topological polar surface area (TPSA) is 79.0 Å². The van der Waals surface area contributed by atoms with Crippen LogP contribution < -0.4 is 10.1 Å². The lowest BCUT2D eigenvalue weighted by Gasteiger charge is -2.33. The number of rotatable bonds is 8. The minimum Gasteiger partial charge on any atom is -0.493 e. The molecule has 2 aromatic rings. The number of carbonyl (C=O) groups excluding carboxylic acids is 3. The van der Waals surface area contributed by atoms with Crippen LogP contribution in [0.4, 0.5) is 0 Å². The summed E-state index contributed by atoms with van der Waals surface area (Å²) >= 11 is 0. The second kappa shape index (κ2) is 11.0. The van der Waals surface area contributed by atoms with Crippen LogP contribution >= 0.6 is 0 Å². The van der Waals surface area contributed by atoms with E-state index < -0.39 is 0 Å². The van der Waals surface area contributed by atoms with Crippen molar-refractivity contribution < 1.29 is 19.1 Å². The first-order valence-electron chi connectivity index (χ1n) is 11.7. The highest BCUT2D eigenvalue weighted by Crippen LogP contribution is 2.24. The van der Waals surface area contributed by atoms with Gasteiger partial charge in [0.15, 0.2) is 0 Å². The number of hydrogen-bond donors (Lipinski definition) is 1. The number of piperidine rings is 1. The zero-order valence-electron chi connectivity index (χ0n) is 18.8. The molecule has 0 radical (unpaired) electrons. The Morgan fingerprint density at radius 1 is 0.970 bits per heavy atom. The Labute approximate surface area is 194 Å². The molecule has 7 heteroatoms. The van der Waals surface area contributed by atoms with Crippen molar-refractivity contribution in [1.29, 1.82) is 0 Å². The van der Waals surface area contributed by atoms with Crippen molar-refractivity contribution in [1.82, 2.24) is 15.1 Å². The number of hydrogen-bond acceptors (Lipinski definition) is 4. The smallest absolute Gasteiger partial charge is 0.227 e. The van der Waals surface area contributed by atoms with Gasteiger partial charge in [-0.2, -0.15) is 0 Å². The summed E-state index contributed by atoms with van der Waals surface area (Å²) in [6.45, 7) is 2.57. The molecule has 3 amide bonds. The molecule has 2 saturated heterocycles. The van der Waals surface area contributed by atoms with Crippen molar-refractivity contribution in [2.45, 2.75) is 38.3 Å². The average molecular weight is 450 g/mol. The molecule has 0 saturated carbocycles. The molecule has 1 unspecified atom stereocenters. The predicted molar refractivity (Wildman–Crippen MR) is 124 cm³/mol. The van der Waals surface area contributed by atoms with Crippen LogP contribution in [-0.4, -0.2) is 59.8 Å². The molecular weight excluding hydrogens is 418 g/mol. The number of carbonyl (C=O) groups is 3. The number of likely N-dealkylation sites (tertiary alicyclic amines) is 2. The van der Waals surface area contributed by atoms with Crippen LogP contribution in [0.3, 0.4) is 0 Å². The Bertz CT molecular complexity index is 943. The number of benzene rings is 2. The van der Waals surface area contributed by atoms with Crippen molar-refractivity contribution in [3.8, 4) is 5.75 Å². The summed E-state index contributed by atoms with van der Waals surface area (Å²) in [6.07, 6.45) is 2.04. The number of amides is 3. The molecular formula is C26H31N3O4. The Hall–Kier alpha value is -3.35. The van der Waals surface area contributed by atoms with Gasteiger partial charge in [0.1, 0.15) is 5.75 Å². The van der Waals surface area contributed by atoms with Crippen LogP contribution in [0, 0.1) is 5.92 Å². The van der Waals surface area contributed by atoms with E-state index in [1.807, 2.05) is 65.6 Å². The Morgan fingerprint density at radius 2 is 1.64 bits per heavy atom. The third-order valence-electron chi connectivity index (χ3n) is 6.29. The van der Waals surface area contributed by atoms with Crippen molar-refractivity contribution in [3.05, 3.63) is 66.2 Å². The molecule has 0 aromatic heterocycles. The summed E-state index contributed by atoms with van der Waals surface area (Å²) in [6, 6.07) is 19.4. The quantitative estimate of drug-likeness (QED) is 0.672. The van der Waals surface area contributed by atoms with Crippen LogP contribution in [-0.2, 0) is 20.9 Å². The third kappa shape index (κ3) is 6.34. The fraction of sp³-hybridized carbons (Fsp3) is 0.423. The van der Waals surface area contributed by atoms with Gasteiger partial charge in [-0.25, -0.2) is 0 Å². The zero-order chi connectivity index (χ0) is 23.0. The number of ether oxygens (including phenoxy) is 1. The monoisotopic (exact) mass is 449 g/mol. The molecule has 2 fully saturated rings. The summed E-state index contributed by atoms with van der Waals surface area (Å²) in [4.78, 5) is 41.3. The summed E-state index contributed by atoms with van der Waals surface area (Å²) in [7, 11) is 0. The van der Waals surface area contributed by atoms with Gasteiger partial charge in [0.05, 0.1) is 18.9 Å². The molecule has 2 aromatic carbocycles. The fourth-order valence-corrected chi connectivity index (χ4v) is 4.47. The van der Waals surface area contributed by atoms with E-state index in [1.54, 1.807) is 4.90 Å². The van der Waals surface area contributed by atoms with Gasteiger partial charge in [-0.15, -0.1) is 0 Å². The Balaban J connectivity index is 1.17. The SMILES string of the molecule is O=C(CCOc1ccccc1)NC1CCN(C(=O)C2CC(=O)N(Cc3ccccc3)C2)CC1. The van der Waals surface area contributed by atoms with Crippen LogP contribution in [0.15, 0.2) is 60.7 Å². The van der Waals surface area contributed by atoms with Crippen molar-refractivity contribution in [2.24, 2.45) is 5.92 Å². The minimum absolute atomic E-state index is 0.0337. The first-order chi connectivity index (χ1) is 16.1. The van der Waals surface area contributed by atoms with Gasteiger partial charge in [-0.1, -0.05) is 48.5 Å². The molecule has 1 N–H and O–H groups in total. The maximum Gasteiger partial charge on any atom is 0.227 e. The van der Waals surface area contributed by atoms with E-state index in [-0.39, 0.29) is 36.1 Å².